The maximum Gasteiger partial charge on any atom is 0.193 e. The molecular formula is C40H46O2. The number of hydrogen-bond donors (Lipinski definition) is 0. The van der Waals surface area contributed by atoms with E-state index in [0.29, 0.717) is 5.56 Å². The highest BCUT2D eigenvalue weighted by atomic mass is 16.5. The minimum Gasteiger partial charge on any atom is -0.497 e. The molecule has 0 bridgehead atoms. The Kier molecular flexibility index (Phi) is 9.95. The van der Waals surface area contributed by atoms with Crippen molar-refractivity contribution in [1.29, 1.82) is 0 Å². The largest absolute Gasteiger partial charge is 0.497 e. The van der Waals surface area contributed by atoms with Gasteiger partial charge in [0.05, 0.1) is 7.11 Å². The molecule has 0 atom stereocenters. The topological polar surface area (TPSA) is 26.3 Å². The van der Waals surface area contributed by atoms with E-state index in [4.69, 9.17) is 4.74 Å². The van der Waals surface area contributed by atoms with E-state index in [1.165, 1.54) is 92.0 Å². The first-order valence-electron chi connectivity index (χ1n) is 16.1. The fourth-order valence-corrected chi connectivity index (χ4v) is 7.00. The maximum absolute atomic E-state index is 13.6. The average Bonchev–Trinajstić information content (AvgIpc) is 3.30. The first-order chi connectivity index (χ1) is 20.6. The summed E-state index contributed by atoms with van der Waals surface area (Å²) in [4.78, 5) is 13.6. The Morgan fingerprint density at radius 1 is 0.667 bits per heavy atom. The summed E-state index contributed by atoms with van der Waals surface area (Å²) >= 11 is 0. The lowest BCUT2D eigenvalue weighted by molar-refractivity contribution is 0.103. The summed E-state index contributed by atoms with van der Waals surface area (Å²) < 4.78 is 5.30. The van der Waals surface area contributed by atoms with E-state index in [-0.39, 0.29) is 11.2 Å². The molecule has 5 rings (SSSR count). The molecule has 1 aliphatic rings. The van der Waals surface area contributed by atoms with Crippen molar-refractivity contribution >= 4 is 5.78 Å². The normalized spacial score (nSPS) is 13.0. The van der Waals surface area contributed by atoms with Crippen LogP contribution in [0.25, 0.3) is 11.1 Å². The Balaban J connectivity index is 1.50. The zero-order valence-electron chi connectivity index (χ0n) is 25.8. The highest BCUT2D eigenvalue weighted by Crippen LogP contribution is 2.54. The number of ether oxygens (including phenoxy) is 1. The first-order valence-corrected chi connectivity index (χ1v) is 16.1. The van der Waals surface area contributed by atoms with E-state index in [0.717, 1.165) is 23.3 Å². The molecule has 0 aromatic heterocycles. The molecule has 0 spiro atoms. The fraction of sp³-hybridized carbons (Fsp3) is 0.375. The van der Waals surface area contributed by atoms with Crippen molar-refractivity contribution in [3.05, 3.63) is 124 Å². The smallest absolute Gasteiger partial charge is 0.193 e. The van der Waals surface area contributed by atoms with Crippen LogP contribution in [-0.4, -0.2) is 12.9 Å². The molecule has 218 valence electrons. The lowest BCUT2D eigenvalue weighted by Crippen LogP contribution is -2.25. The van der Waals surface area contributed by atoms with Gasteiger partial charge in [-0.2, -0.15) is 0 Å². The number of rotatable bonds is 15. The number of benzene rings is 4. The highest BCUT2D eigenvalue weighted by Gasteiger charge is 2.42. The van der Waals surface area contributed by atoms with Crippen LogP contribution in [0.1, 0.15) is 116 Å². The molecule has 4 aromatic rings. The SMILES string of the molecule is CCCCCCC1(CCCCCC)c2ccccc2-c2ccc(Cc3ccccc3C(=O)c3ccc(OC)cc3)cc21. The molecule has 0 N–H and O–H groups in total. The number of unbranched alkanes of at least 4 members (excludes halogenated alkanes) is 6. The molecule has 1 aliphatic carbocycles. The van der Waals surface area contributed by atoms with Crippen molar-refractivity contribution < 1.29 is 9.53 Å². The van der Waals surface area contributed by atoms with Gasteiger partial charge in [-0.25, -0.2) is 0 Å². The van der Waals surface area contributed by atoms with Crippen LogP contribution in [0.2, 0.25) is 0 Å². The predicted molar refractivity (Wildman–Crippen MR) is 176 cm³/mol. The molecule has 4 aromatic carbocycles. The van der Waals surface area contributed by atoms with Crippen LogP contribution < -0.4 is 4.74 Å². The lowest BCUT2D eigenvalue weighted by atomic mass is 9.70. The molecule has 0 amide bonds. The summed E-state index contributed by atoms with van der Waals surface area (Å²) in [5, 5.41) is 0. The van der Waals surface area contributed by atoms with E-state index in [1.54, 1.807) is 7.11 Å². The van der Waals surface area contributed by atoms with Crippen molar-refractivity contribution in [1.82, 2.24) is 0 Å². The van der Waals surface area contributed by atoms with Gasteiger partial charge in [-0.1, -0.05) is 132 Å². The molecule has 0 saturated heterocycles. The van der Waals surface area contributed by atoms with Crippen LogP contribution in [0.4, 0.5) is 0 Å². The van der Waals surface area contributed by atoms with Gasteiger partial charge >= 0.3 is 0 Å². The van der Waals surface area contributed by atoms with Crippen LogP contribution in [0.5, 0.6) is 5.75 Å². The van der Waals surface area contributed by atoms with Crippen LogP contribution in [0.15, 0.2) is 91.0 Å². The second-order valence-corrected chi connectivity index (χ2v) is 12.0. The minimum absolute atomic E-state index is 0.0583. The third-order valence-corrected chi connectivity index (χ3v) is 9.26. The van der Waals surface area contributed by atoms with Crippen molar-refractivity contribution in [3.63, 3.8) is 0 Å². The number of methoxy groups -OCH3 is 1. The predicted octanol–water partition coefficient (Wildman–Crippen LogP) is 10.7. The molecule has 42 heavy (non-hydrogen) atoms. The molecular weight excluding hydrogens is 512 g/mol. The van der Waals surface area contributed by atoms with Crippen molar-refractivity contribution in [2.45, 2.75) is 89.9 Å². The minimum atomic E-state index is 0.0583. The summed E-state index contributed by atoms with van der Waals surface area (Å²) in [7, 11) is 1.65. The van der Waals surface area contributed by atoms with Crippen molar-refractivity contribution in [2.75, 3.05) is 7.11 Å². The second kappa shape index (κ2) is 14.0. The molecule has 0 aliphatic heterocycles. The monoisotopic (exact) mass is 558 g/mol. The number of fused-ring (bicyclic) bond motifs is 3. The van der Waals surface area contributed by atoms with Crippen molar-refractivity contribution in [2.24, 2.45) is 0 Å². The summed E-state index contributed by atoms with van der Waals surface area (Å²) in [6.45, 7) is 4.59. The molecule has 2 heteroatoms. The second-order valence-electron chi connectivity index (χ2n) is 12.0. The zero-order chi connectivity index (χ0) is 29.4. The first kappa shape index (κ1) is 29.8. The van der Waals surface area contributed by atoms with Gasteiger partial charge in [0.2, 0.25) is 0 Å². The van der Waals surface area contributed by atoms with Crippen LogP contribution in [0.3, 0.4) is 0 Å². The molecule has 2 nitrogen and oxygen atoms in total. The van der Waals surface area contributed by atoms with Gasteiger partial charge in [-0.15, -0.1) is 0 Å². The Morgan fingerprint density at radius 2 is 1.31 bits per heavy atom. The van der Waals surface area contributed by atoms with Gasteiger partial charge in [0, 0.05) is 16.5 Å². The number of hydrogen-bond acceptors (Lipinski definition) is 2. The highest BCUT2D eigenvalue weighted by molar-refractivity contribution is 6.10. The summed E-state index contributed by atoms with van der Waals surface area (Å²) in [6.07, 6.45) is 13.4. The molecule has 0 heterocycles. The number of ketones is 1. The quantitative estimate of drug-likeness (QED) is 0.107. The molecule has 0 unspecified atom stereocenters. The summed E-state index contributed by atoms with van der Waals surface area (Å²) in [6, 6.07) is 31.8. The number of carbonyl (C=O) groups excluding carboxylic acids is 1. The van der Waals surface area contributed by atoms with Gasteiger partial charge < -0.3 is 4.74 Å². The van der Waals surface area contributed by atoms with E-state index in [1.807, 2.05) is 36.4 Å². The molecule has 0 fully saturated rings. The van der Waals surface area contributed by atoms with Crippen molar-refractivity contribution in [3.8, 4) is 16.9 Å². The van der Waals surface area contributed by atoms with Gasteiger partial charge in [0.1, 0.15) is 5.75 Å². The Morgan fingerprint density at radius 3 is 2.00 bits per heavy atom. The van der Waals surface area contributed by atoms with E-state index >= 15 is 0 Å². The van der Waals surface area contributed by atoms with E-state index in [9.17, 15) is 4.79 Å². The van der Waals surface area contributed by atoms with Crippen LogP contribution in [-0.2, 0) is 11.8 Å². The lowest BCUT2D eigenvalue weighted by Gasteiger charge is -2.33. The third kappa shape index (κ3) is 6.24. The van der Waals surface area contributed by atoms with Gasteiger partial charge in [0.25, 0.3) is 0 Å². The summed E-state index contributed by atoms with van der Waals surface area (Å²) in [5.41, 5.74) is 9.74. The van der Waals surface area contributed by atoms with Gasteiger partial charge in [-0.05, 0) is 76.9 Å². The zero-order valence-corrected chi connectivity index (χ0v) is 25.8. The van der Waals surface area contributed by atoms with Gasteiger partial charge in [0.15, 0.2) is 5.78 Å². The molecule has 0 radical (unpaired) electrons. The Bertz CT molecular complexity index is 1470. The maximum atomic E-state index is 13.6. The Labute approximate surface area is 253 Å². The van der Waals surface area contributed by atoms with Crippen LogP contribution >= 0.6 is 0 Å². The summed E-state index contributed by atoms with van der Waals surface area (Å²) in [5.74, 6) is 0.815. The van der Waals surface area contributed by atoms with Gasteiger partial charge in [-0.3, -0.25) is 4.79 Å². The average molecular weight is 559 g/mol. The third-order valence-electron chi connectivity index (χ3n) is 9.26. The van der Waals surface area contributed by atoms with E-state index in [2.05, 4.69) is 68.4 Å². The standard InChI is InChI=1S/C40H46O2/c1-4-6-8-14-26-40(27-15-9-7-5-2)37-19-13-12-18-35(37)36-25-20-30(29-38(36)40)28-32-16-10-11-17-34(32)39(41)31-21-23-33(42-3)24-22-31/h10-13,16-25,29H,4-9,14-15,26-28H2,1-3H3. The fourth-order valence-electron chi connectivity index (χ4n) is 7.00. The molecule has 0 saturated carbocycles. The van der Waals surface area contributed by atoms with Crippen LogP contribution in [0, 0.1) is 0 Å². The number of carbonyl (C=O) groups is 1. The van der Waals surface area contributed by atoms with E-state index < -0.39 is 0 Å². The Hall–Kier alpha value is -3.65.